The maximum Gasteiger partial charge on any atom is 0.152 e. The average molecular weight is 217 g/mol. The Morgan fingerprint density at radius 3 is 3.06 bits per heavy atom. The smallest absolute Gasteiger partial charge is 0.152 e. The Hall–Kier alpha value is -1.62. The molecule has 0 saturated heterocycles. The second kappa shape index (κ2) is 3.45. The molecule has 0 amide bonds. The largest absolute Gasteiger partial charge is 0.365 e. The van der Waals surface area contributed by atoms with E-state index in [1.54, 1.807) is 6.20 Å². The lowest BCUT2D eigenvalue weighted by Crippen LogP contribution is -2.44. The molecule has 0 atom stereocenters. The first kappa shape index (κ1) is 9.59. The van der Waals surface area contributed by atoms with Crippen molar-refractivity contribution >= 4 is 11.3 Å². The molecule has 1 aliphatic rings. The van der Waals surface area contributed by atoms with Gasteiger partial charge in [0.05, 0.1) is 5.69 Å². The minimum absolute atomic E-state index is 0.351. The number of aryl methyl sites for hydroxylation is 1. The Kier molecular flexibility index (Phi) is 2.07. The zero-order chi connectivity index (χ0) is 11.1. The van der Waals surface area contributed by atoms with Crippen molar-refractivity contribution in [3.8, 4) is 0 Å². The van der Waals surface area contributed by atoms with Gasteiger partial charge in [0.1, 0.15) is 5.52 Å². The number of nitrogens with zero attached hydrogens (tertiary/aromatic N) is 3. The van der Waals surface area contributed by atoms with Crippen LogP contribution in [0.4, 0.5) is 5.82 Å². The molecular weight excluding hydrogens is 202 g/mol. The van der Waals surface area contributed by atoms with Gasteiger partial charge in [-0.25, -0.2) is 9.50 Å². The summed E-state index contributed by atoms with van der Waals surface area (Å²) in [7, 11) is 0. The topological polar surface area (TPSA) is 68.2 Å². The number of rotatable bonds is 2. The van der Waals surface area contributed by atoms with Crippen LogP contribution in [0.3, 0.4) is 0 Å². The third-order valence-electron chi connectivity index (χ3n) is 3.03. The van der Waals surface area contributed by atoms with Gasteiger partial charge in [-0.3, -0.25) is 0 Å². The monoisotopic (exact) mass is 217 g/mol. The lowest BCUT2D eigenvalue weighted by atomic mass is 9.88. The van der Waals surface area contributed by atoms with Crippen LogP contribution < -0.4 is 11.1 Å². The van der Waals surface area contributed by atoms with Crippen LogP contribution in [-0.2, 0) is 0 Å². The molecule has 84 valence electrons. The summed E-state index contributed by atoms with van der Waals surface area (Å²) in [5, 5.41) is 7.77. The van der Waals surface area contributed by atoms with Gasteiger partial charge in [0.2, 0.25) is 0 Å². The summed E-state index contributed by atoms with van der Waals surface area (Å²) in [6.45, 7) is 1.98. The molecule has 0 unspecified atom stereocenters. The molecule has 0 bridgehead atoms. The van der Waals surface area contributed by atoms with E-state index in [1.165, 1.54) is 0 Å². The fraction of sp³-hybridized carbons (Fsp3) is 0.455. The van der Waals surface area contributed by atoms with Gasteiger partial charge in [0, 0.05) is 24.5 Å². The van der Waals surface area contributed by atoms with E-state index in [0.29, 0.717) is 12.1 Å². The van der Waals surface area contributed by atoms with E-state index in [1.807, 2.05) is 23.7 Å². The predicted molar refractivity (Wildman–Crippen MR) is 62.3 cm³/mol. The van der Waals surface area contributed by atoms with Crippen LogP contribution in [0, 0.1) is 6.92 Å². The third-order valence-corrected chi connectivity index (χ3v) is 3.03. The van der Waals surface area contributed by atoms with Crippen LogP contribution in [0.1, 0.15) is 18.5 Å². The number of fused-ring (bicyclic) bond motifs is 1. The zero-order valence-electron chi connectivity index (χ0n) is 9.22. The lowest BCUT2D eigenvalue weighted by molar-refractivity contribution is 0.373. The van der Waals surface area contributed by atoms with Crippen molar-refractivity contribution in [3.63, 3.8) is 0 Å². The lowest BCUT2D eigenvalue weighted by Gasteiger charge is -2.33. The SMILES string of the molecule is Cc1cc2c(NC3CC(N)C3)nccn2n1. The van der Waals surface area contributed by atoms with Gasteiger partial charge in [-0.15, -0.1) is 0 Å². The molecule has 2 aromatic rings. The average Bonchev–Trinajstić information content (AvgIpc) is 2.57. The molecule has 0 aliphatic heterocycles. The van der Waals surface area contributed by atoms with Crippen LogP contribution in [0.5, 0.6) is 0 Å². The maximum atomic E-state index is 5.76. The molecule has 2 aromatic heterocycles. The summed E-state index contributed by atoms with van der Waals surface area (Å²) in [5.41, 5.74) is 7.79. The molecule has 1 saturated carbocycles. The second-order valence-electron chi connectivity index (χ2n) is 4.46. The second-order valence-corrected chi connectivity index (χ2v) is 4.46. The summed E-state index contributed by atoms with van der Waals surface area (Å²) < 4.78 is 1.85. The first-order valence-electron chi connectivity index (χ1n) is 5.55. The Morgan fingerprint density at radius 2 is 2.31 bits per heavy atom. The molecule has 0 radical (unpaired) electrons. The normalized spacial score (nSPS) is 24.4. The highest BCUT2D eigenvalue weighted by atomic mass is 15.2. The van der Waals surface area contributed by atoms with E-state index in [4.69, 9.17) is 5.73 Å². The van der Waals surface area contributed by atoms with Crippen LogP contribution >= 0.6 is 0 Å². The molecule has 1 fully saturated rings. The highest BCUT2D eigenvalue weighted by Crippen LogP contribution is 2.24. The highest BCUT2D eigenvalue weighted by Gasteiger charge is 2.26. The quantitative estimate of drug-likeness (QED) is 0.785. The van der Waals surface area contributed by atoms with Crippen molar-refractivity contribution in [1.82, 2.24) is 14.6 Å². The molecule has 2 heterocycles. The molecule has 0 spiro atoms. The van der Waals surface area contributed by atoms with E-state index >= 15 is 0 Å². The molecule has 0 aromatic carbocycles. The van der Waals surface area contributed by atoms with Gasteiger partial charge >= 0.3 is 0 Å². The Morgan fingerprint density at radius 1 is 1.50 bits per heavy atom. The van der Waals surface area contributed by atoms with E-state index < -0.39 is 0 Å². The first-order valence-corrected chi connectivity index (χ1v) is 5.55. The van der Waals surface area contributed by atoms with Gasteiger partial charge in [0.15, 0.2) is 5.82 Å². The summed E-state index contributed by atoms with van der Waals surface area (Å²) in [4.78, 5) is 4.35. The number of nitrogens with one attached hydrogen (secondary N) is 1. The minimum atomic E-state index is 0.351. The van der Waals surface area contributed by atoms with Crippen LogP contribution in [-0.4, -0.2) is 26.7 Å². The van der Waals surface area contributed by atoms with Crippen molar-refractivity contribution in [2.45, 2.75) is 31.8 Å². The number of nitrogens with two attached hydrogens (primary N) is 1. The van der Waals surface area contributed by atoms with E-state index in [9.17, 15) is 0 Å². The number of hydrogen-bond donors (Lipinski definition) is 2. The summed E-state index contributed by atoms with van der Waals surface area (Å²) in [5.74, 6) is 0.903. The van der Waals surface area contributed by atoms with Gasteiger partial charge in [-0.05, 0) is 25.8 Å². The summed E-state index contributed by atoms with van der Waals surface area (Å²) in [6.07, 6.45) is 5.67. The minimum Gasteiger partial charge on any atom is -0.365 e. The fourth-order valence-corrected chi connectivity index (χ4v) is 2.13. The summed E-state index contributed by atoms with van der Waals surface area (Å²) in [6, 6.07) is 2.85. The van der Waals surface area contributed by atoms with Crippen molar-refractivity contribution in [2.75, 3.05) is 5.32 Å². The Balaban J connectivity index is 1.90. The Bertz CT molecular complexity index is 512. The molecular formula is C11H15N5. The van der Waals surface area contributed by atoms with Crippen molar-refractivity contribution in [3.05, 3.63) is 24.2 Å². The fourth-order valence-electron chi connectivity index (χ4n) is 2.13. The molecule has 3 N–H and O–H groups in total. The number of hydrogen-bond acceptors (Lipinski definition) is 4. The van der Waals surface area contributed by atoms with E-state index in [0.717, 1.165) is 29.9 Å². The van der Waals surface area contributed by atoms with E-state index in [2.05, 4.69) is 15.4 Å². The van der Waals surface area contributed by atoms with Gasteiger partial charge in [-0.1, -0.05) is 0 Å². The van der Waals surface area contributed by atoms with Crippen molar-refractivity contribution in [2.24, 2.45) is 5.73 Å². The highest BCUT2D eigenvalue weighted by molar-refractivity contribution is 5.68. The van der Waals surface area contributed by atoms with Crippen LogP contribution in [0.25, 0.3) is 5.52 Å². The van der Waals surface area contributed by atoms with Crippen LogP contribution in [0.2, 0.25) is 0 Å². The van der Waals surface area contributed by atoms with Gasteiger partial charge < -0.3 is 11.1 Å². The standard InChI is InChI=1S/C11H15N5/c1-7-4-10-11(13-2-3-16(10)15-7)14-9-5-8(12)6-9/h2-4,8-9H,5-6,12H2,1H3,(H,13,14). The molecule has 1 aliphatic carbocycles. The van der Waals surface area contributed by atoms with Crippen molar-refractivity contribution in [1.29, 1.82) is 0 Å². The van der Waals surface area contributed by atoms with Gasteiger partial charge in [-0.2, -0.15) is 5.10 Å². The zero-order valence-corrected chi connectivity index (χ0v) is 9.22. The van der Waals surface area contributed by atoms with Crippen LogP contribution in [0.15, 0.2) is 18.5 Å². The predicted octanol–water partition coefficient (Wildman–Crippen LogP) is 0.939. The maximum absolute atomic E-state index is 5.76. The molecule has 5 nitrogen and oxygen atoms in total. The van der Waals surface area contributed by atoms with Gasteiger partial charge in [0.25, 0.3) is 0 Å². The Labute approximate surface area is 93.7 Å². The number of anilines is 1. The van der Waals surface area contributed by atoms with Crippen molar-refractivity contribution < 1.29 is 0 Å². The molecule has 16 heavy (non-hydrogen) atoms. The molecule has 3 rings (SSSR count). The van der Waals surface area contributed by atoms with E-state index in [-0.39, 0.29) is 0 Å². The third kappa shape index (κ3) is 1.53. The summed E-state index contributed by atoms with van der Waals surface area (Å²) >= 11 is 0. The number of aromatic nitrogens is 3. The first-order chi connectivity index (χ1) is 7.72. The molecule has 5 heteroatoms.